The number of hydrogen-bond acceptors (Lipinski definition) is 6. The maximum atomic E-state index is 11.7. The topological polar surface area (TPSA) is 63.2 Å². The molecule has 3 rings (SSSR count). The van der Waals surface area contributed by atoms with Crippen LogP contribution in [0.4, 0.5) is 5.69 Å². The fraction of sp³-hybridized carbons (Fsp3) is 0.259. The highest BCUT2D eigenvalue weighted by Crippen LogP contribution is 2.26. The number of likely N-dealkylation sites (N-methyl/N-ethyl adjacent to an activating group) is 1. The number of ether oxygens (including phenoxy) is 2. The zero-order chi connectivity index (χ0) is 24.2. The lowest BCUT2D eigenvalue weighted by molar-refractivity contribution is -0.134. The smallest absolute Gasteiger partial charge is 0.370 e. The zero-order valence-corrected chi connectivity index (χ0v) is 20.2. The summed E-state index contributed by atoms with van der Waals surface area (Å²) in [5.41, 5.74) is 5.87. The average molecular weight is 480 g/mol. The number of benzene rings is 3. The van der Waals surface area contributed by atoms with Crippen molar-refractivity contribution >= 4 is 28.4 Å². The summed E-state index contributed by atoms with van der Waals surface area (Å²) < 4.78 is 11.3. The van der Waals surface area contributed by atoms with Gasteiger partial charge in [-0.05, 0) is 37.2 Å². The summed E-state index contributed by atoms with van der Waals surface area (Å²) in [6.45, 7) is 3.46. The predicted octanol–water partition coefficient (Wildman–Crippen LogP) is 5.34. The van der Waals surface area contributed by atoms with E-state index in [1.165, 1.54) is 11.1 Å². The molecule has 7 heteroatoms. The summed E-state index contributed by atoms with van der Waals surface area (Å²) in [4.78, 5) is 14.0. The molecule has 1 atom stereocenters. The van der Waals surface area contributed by atoms with Crippen LogP contribution in [0.15, 0.2) is 90.0 Å². The molecular formula is C27H30ClN3O3. The zero-order valence-electron chi connectivity index (χ0n) is 19.5. The Morgan fingerprint density at radius 2 is 1.59 bits per heavy atom. The third-order valence-electron chi connectivity index (χ3n) is 5.02. The first-order valence-corrected chi connectivity index (χ1v) is 11.6. The number of esters is 1. The Hall–Kier alpha value is -3.35. The van der Waals surface area contributed by atoms with E-state index >= 15 is 0 Å². The van der Waals surface area contributed by atoms with Crippen molar-refractivity contribution in [2.45, 2.75) is 26.0 Å². The van der Waals surface area contributed by atoms with Gasteiger partial charge in [-0.2, -0.15) is 5.10 Å². The van der Waals surface area contributed by atoms with Crippen LogP contribution in [0.5, 0.6) is 5.75 Å². The third kappa shape index (κ3) is 8.21. The van der Waals surface area contributed by atoms with E-state index in [2.05, 4.69) is 46.7 Å². The van der Waals surface area contributed by atoms with Crippen molar-refractivity contribution in [1.82, 2.24) is 4.90 Å². The minimum atomic E-state index is -0.681. The van der Waals surface area contributed by atoms with Gasteiger partial charge in [0, 0.05) is 19.5 Å². The molecule has 1 unspecified atom stereocenters. The van der Waals surface area contributed by atoms with Crippen LogP contribution in [0.25, 0.3) is 0 Å². The van der Waals surface area contributed by atoms with Crippen molar-refractivity contribution in [2.24, 2.45) is 5.10 Å². The van der Waals surface area contributed by atoms with Gasteiger partial charge in [-0.25, -0.2) is 4.79 Å². The number of rotatable bonds is 12. The number of nitrogens with one attached hydrogen (secondary N) is 1. The van der Waals surface area contributed by atoms with Crippen molar-refractivity contribution in [1.29, 1.82) is 0 Å². The number of carbonyl (C=O) groups excluding carboxylic acids is 1. The molecule has 0 spiro atoms. The Morgan fingerprint density at radius 3 is 2.26 bits per heavy atom. The molecule has 0 aromatic heterocycles. The average Bonchev–Trinajstić information content (AvgIpc) is 2.84. The minimum absolute atomic E-state index is 0.122. The van der Waals surface area contributed by atoms with E-state index in [0.29, 0.717) is 18.0 Å². The molecule has 0 heterocycles. The molecule has 0 aliphatic carbocycles. The van der Waals surface area contributed by atoms with E-state index in [4.69, 9.17) is 21.1 Å². The highest BCUT2D eigenvalue weighted by molar-refractivity contribution is 6.82. The molecule has 0 radical (unpaired) electrons. The van der Waals surface area contributed by atoms with Gasteiger partial charge in [0.25, 0.3) is 0 Å². The fourth-order valence-corrected chi connectivity index (χ4v) is 3.61. The van der Waals surface area contributed by atoms with Gasteiger partial charge in [0.2, 0.25) is 5.17 Å². The Bertz CT molecular complexity index is 1060. The van der Waals surface area contributed by atoms with Crippen LogP contribution in [0.3, 0.4) is 0 Å². The molecule has 34 heavy (non-hydrogen) atoms. The molecule has 1 N–H and O–H groups in total. The third-order valence-corrected chi connectivity index (χ3v) is 5.25. The molecule has 0 amide bonds. The van der Waals surface area contributed by atoms with Crippen LogP contribution in [-0.4, -0.2) is 42.3 Å². The van der Waals surface area contributed by atoms with Crippen LogP contribution < -0.4 is 10.2 Å². The molecule has 0 aliphatic rings. The Balaban J connectivity index is 1.75. The normalized spacial score (nSPS) is 12.3. The van der Waals surface area contributed by atoms with Gasteiger partial charge >= 0.3 is 5.97 Å². The highest BCUT2D eigenvalue weighted by Gasteiger charge is 2.17. The van der Waals surface area contributed by atoms with Gasteiger partial charge in [-0.15, -0.1) is 0 Å². The maximum Gasteiger partial charge on any atom is 0.370 e. The summed E-state index contributed by atoms with van der Waals surface area (Å²) in [5, 5.41) is 3.67. The summed E-state index contributed by atoms with van der Waals surface area (Å²) in [6.07, 6.45) is 0.616. The van der Waals surface area contributed by atoms with Crippen LogP contribution in [0.1, 0.15) is 18.1 Å². The van der Waals surface area contributed by atoms with E-state index in [-0.39, 0.29) is 17.9 Å². The number of hydrazone groups is 1. The summed E-state index contributed by atoms with van der Waals surface area (Å²) >= 11 is 5.94. The number of carbonyl (C=O) groups is 1. The fourth-order valence-electron chi connectivity index (χ4n) is 3.51. The largest absolute Gasteiger partial charge is 0.487 e. The van der Waals surface area contributed by atoms with Crippen molar-refractivity contribution in [3.05, 3.63) is 96.1 Å². The highest BCUT2D eigenvalue weighted by atomic mass is 35.5. The van der Waals surface area contributed by atoms with E-state index in [1.54, 1.807) is 6.92 Å². The van der Waals surface area contributed by atoms with Crippen molar-refractivity contribution < 1.29 is 14.3 Å². The molecular weight excluding hydrogens is 450 g/mol. The second kappa shape index (κ2) is 13.4. The van der Waals surface area contributed by atoms with Crippen molar-refractivity contribution in [3.63, 3.8) is 0 Å². The molecule has 0 saturated carbocycles. The standard InChI is InChI=1S/C27H30ClN3O3/c1-3-33-27(32)26(28)30-29-24-16-10-11-17-25(24)34-23(18-21-12-6-4-7-13-21)20-31(2)19-22-14-8-5-9-15-22/h4-17,23,29H,3,18-20H2,1-2H3/b30-26-. The first-order valence-electron chi connectivity index (χ1n) is 11.2. The minimum Gasteiger partial charge on any atom is -0.487 e. The number of halogens is 1. The number of nitrogens with zero attached hydrogens (tertiary/aromatic N) is 2. The lowest BCUT2D eigenvalue weighted by Crippen LogP contribution is -2.34. The van der Waals surface area contributed by atoms with Crippen LogP contribution in [0, 0.1) is 0 Å². The Morgan fingerprint density at radius 1 is 0.971 bits per heavy atom. The molecule has 3 aromatic carbocycles. The van der Waals surface area contributed by atoms with E-state index < -0.39 is 5.97 Å². The lowest BCUT2D eigenvalue weighted by atomic mass is 10.1. The van der Waals surface area contributed by atoms with Crippen LogP contribution >= 0.6 is 11.6 Å². The number of hydrogen-bond donors (Lipinski definition) is 1. The molecule has 0 saturated heterocycles. The van der Waals surface area contributed by atoms with E-state index in [0.717, 1.165) is 13.0 Å². The van der Waals surface area contributed by atoms with Gasteiger partial charge in [0.1, 0.15) is 11.9 Å². The van der Waals surface area contributed by atoms with Crippen LogP contribution in [-0.2, 0) is 22.5 Å². The molecule has 178 valence electrons. The molecule has 0 fully saturated rings. The second-order valence-electron chi connectivity index (χ2n) is 7.84. The number of para-hydroxylation sites is 2. The second-order valence-corrected chi connectivity index (χ2v) is 8.20. The summed E-state index contributed by atoms with van der Waals surface area (Å²) in [6, 6.07) is 28.1. The summed E-state index contributed by atoms with van der Waals surface area (Å²) in [5.74, 6) is -0.0619. The molecule has 0 bridgehead atoms. The van der Waals surface area contributed by atoms with Crippen molar-refractivity contribution in [3.8, 4) is 5.75 Å². The van der Waals surface area contributed by atoms with Crippen LogP contribution in [0.2, 0.25) is 0 Å². The van der Waals surface area contributed by atoms with Gasteiger partial charge in [-0.3, -0.25) is 10.3 Å². The molecule has 6 nitrogen and oxygen atoms in total. The summed E-state index contributed by atoms with van der Waals surface area (Å²) in [7, 11) is 2.09. The van der Waals surface area contributed by atoms with Gasteiger partial charge in [0.15, 0.2) is 0 Å². The van der Waals surface area contributed by atoms with Gasteiger partial charge in [0.05, 0.1) is 12.3 Å². The Kier molecular flexibility index (Phi) is 9.95. The lowest BCUT2D eigenvalue weighted by Gasteiger charge is -2.26. The first kappa shape index (κ1) is 25.3. The van der Waals surface area contributed by atoms with E-state index in [1.807, 2.05) is 60.7 Å². The van der Waals surface area contributed by atoms with Gasteiger partial charge < -0.3 is 9.47 Å². The first-order chi connectivity index (χ1) is 16.5. The number of anilines is 1. The maximum absolute atomic E-state index is 11.7. The molecule has 0 aliphatic heterocycles. The quantitative estimate of drug-likeness (QED) is 0.216. The SMILES string of the molecule is CCOC(=O)/C(Cl)=N/Nc1ccccc1OC(Cc1ccccc1)CN(C)Cc1ccccc1. The Labute approximate surface area is 206 Å². The van der Waals surface area contributed by atoms with Crippen molar-refractivity contribution in [2.75, 3.05) is 25.6 Å². The monoisotopic (exact) mass is 479 g/mol. The van der Waals surface area contributed by atoms with E-state index in [9.17, 15) is 4.79 Å². The molecule has 3 aromatic rings. The van der Waals surface area contributed by atoms with Gasteiger partial charge in [-0.1, -0.05) is 84.4 Å². The predicted molar refractivity (Wildman–Crippen MR) is 137 cm³/mol.